The number of carbonyl (C=O) groups is 2. The summed E-state index contributed by atoms with van der Waals surface area (Å²) in [6.07, 6.45) is -0.928. The lowest BCUT2D eigenvalue weighted by atomic mass is 9.72. The quantitative estimate of drug-likeness (QED) is 0.112. The van der Waals surface area contributed by atoms with E-state index in [9.17, 15) is 9.59 Å². The van der Waals surface area contributed by atoms with Crippen LogP contribution in [0.2, 0.25) is 10.4 Å². The fraction of sp³-hybridized carbons (Fsp3) is 0.321. The standard InChI is InChI=1S/C28H26Cl2F2N4O5/c1-17(14-40-23(37)18-10-6-4-7-11-18)27(2,15-41-24(38)19-12-8-5-9-13-19)28(31,32)25(39-3)36-16-33-20-21(29)34-26(30)35-22(20)36/h4-13,16-17,25H,14-15H2,1-3H3/t17-,25-,27?/m1/s1. The second kappa shape index (κ2) is 12.5. The van der Waals surface area contributed by atoms with Crippen LogP contribution in [0, 0.1) is 11.3 Å². The maximum atomic E-state index is 16.8. The van der Waals surface area contributed by atoms with Gasteiger partial charge in [-0.3, -0.25) is 4.57 Å². The topological polar surface area (TPSA) is 105 Å². The maximum Gasteiger partial charge on any atom is 0.338 e. The van der Waals surface area contributed by atoms with E-state index in [2.05, 4.69) is 15.0 Å². The van der Waals surface area contributed by atoms with Crippen LogP contribution in [0.4, 0.5) is 8.78 Å². The molecular weight excluding hydrogens is 581 g/mol. The minimum Gasteiger partial charge on any atom is -0.462 e. The number of fused-ring (bicyclic) bond motifs is 1. The van der Waals surface area contributed by atoms with Crippen LogP contribution in [0.1, 0.15) is 40.8 Å². The van der Waals surface area contributed by atoms with E-state index in [1.54, 1.807) is 48.5 Å². The maximum absolute atomic E-state index is 16.8. The molecule has 0 aliphatic heterocycles. The fourth-order valence-electron chi connectivity index (χ4n) is 4.23. The van der Waals surface area contributed by atoms with Crippen molar-refractivity contribution in [3.05, 3.63) is 88.6 Å². The number of nitrogens with zero attached hydrogens (tertiary/aromatic N) is 4. The van der Waals surface area contributed by atoms with Crippen molar-refractivity contribution in [3.63, 3.8) is 0 Å². The van der Waals surface area contributed by atoms with Crippen molar-refractivity contribution in [2.24, 2.45) is 11.3 Å². The number of aromatic nitrogens is 4. The Bertz CT molecular complexity index is 1520. The van der Waals surface area contributed by atoms with E-state index >= 15 is 8.78 Å². The van der Waals surface area contributed by atoms with Crippen LogP contribution in [0.5, 0.6) is 0 Å². The minimum absolute atomic E-state index is 0.0379. The summed E-state index contributed by atoms with van der Waals surface area (Å²) >= 11 is 12.0. The van der Waals surface area contributed by atoms with E-state index < -0.39 is 48.6 Å². The Labute approximate surface area is 244 Å². The lowest BCUT2D eigenvalue weighted by molar-refractivity contribution is -0.249. The molecule has 2 heterocycles. The van der Waals surface area contributed by atoms with Crippen molar-refractivity contribution in [3.8, 4) is 0 Å². The predicted molar refractivity (Wildman–Crippen MR) is 147 cm³/mol. The molecule has 0 saturated heterocycles. The smallest absolute Gasteiger partial charge is 0.338 e. The van der Waals surface area contributed by atoms with Gasteiger partial charge in [0, 0.05) is 13.0 Å². The molecule has 0 aliphatic rings. The average Bonchev–Trinajstić information content (AvgIpc) is 3.38. The van der Waals surface area contributed by atoms with Crippen molar-refractivity contribution < 1.29 is 32.6 Å². The Morgan fingerprint density at radius 2 is 1.51 bits per heavy atom. The molecule has 0 radical (unpaired) electrons. The second-order valence-electron chi connectivity index (χ2n) is 9.54. The number of rotatable bonds is 11. The first-order valence-electron chi connectivity index (χ1n) is 12.4. The first kappa shape index (κ1) is 30.3. The molecule has 0 bridgehead atoms. The summed E-state index contributed by atoms with van der Waals surface area (Å²) in [5, 5.41) is -0.402. The number of carbonyl (C=O) groups excluding carboxylic acids is 2. The van der Waals surface area contributed by atoms with Crippen molar-refractivity contribution in [1.29, 1.82) is 0 Å². The summed E-state index contributed by atoms with van der Waals surface area (Å²) in [6, 6.07) is 16.1. The van der Waals surface area contributed by atoms with Crippen LogP contribution in [0.25, 0.3) is 11.2 Å². The van der Waals surface area contributed by atoms with E-state index in [1.165, 1.54) is 26.0 Å². The second-order valence-corrected chi connectivity index (χ2v) is 10.2. The molecule has 0 N–H and O–H groups in total. The SMILES string of the molecule is CO[C@@H](n1cnc2c(Cl)nc(Cl)nc21)C(F)(F)C(C)(COC(=O)c1ccccc1)[C@H](C)COC(=O)c1ccccc1. The largest absolute Gasteiger partial charge is 0.462 e. The van der Waals surface area contributed by atoms with Gasteiger partial charge in [-0.05, 0) is 42.8 Å². The molecule has 0 fully saturated rings. The van der Waals surface area contributed by atoms with E-state index in [1.807, 2.05) is 0 Å². The molecule has 1 unspecified atom stereocenters. The molecule has 41 heavy (non-hydrogen) atoms. The summed E-state index contributed by atoms with van der Waals surface area (Å²) < 4.78 is 50.6. The molecule has 2 aromatic carbocycles. The first-order valence-corrected chi connectivity index (χ1v) is 13.2. The monoisotopic (exact) mass is 606 g/mol. The molecule has 2 aromatic heterocycles. The van der Waals surface area contributed by atoms with Crippen molar-refractivity contribution in [2.45, 2.75) is 26.0 Å². The van der Waals surface area contributed by atoms with E-state index in [0.717, 1.165) is 18.0 Å². The van der Waals surface area contributed by atoms with Crippen molar-refractivity contribution in [1.82, 2.24) is 19.5 Å². The molecule has 3 atom stereocenters. The van der Waals surface area contributed by atoms with Gasteiger partial charge < -0.3 is 14.2 Å². The predicted octanol–water partition coefficient (Wildman–Crippen LogP) is 6.27. The van der Waals surface area contributed by atoms with Gasteiger partial charge in [-0.2, -0.15) is 4.98 Å². The minimum atomic E-state index is -3.78. The number of benzene rings is 2. The Kier molecular flexibility index (Phi) is 9.21. The van der Waals surface area contributed by atoms with Gasteiger partial charge in [-0.1, -0.05) is 54.9 Å². The molecular formula is C28H26Cl2F2N4O5. The Morgan fingerprint density at radius 1 is 0.951 bits per heavy atom. The Hall–Kier alpha value is -3.67. The zero-order valence-corrected chi connectivity index (χ0v) is 23.8. The number of esters is 2. The number of halogens is 4. The van der Waals surface area contributed by atoms with Crippen molar-refractivity contribution in [2.75, 3.05) is 20.3 Å². The number of alkyl halides is 2. The third-order valence-electron chi connectivity index (χ3n) is 6.97. The summed E-state index contributed by atoms with van der Waals surface area (Å²) in [5.41, 5.74) is -1.75. The number of imidazole rings is 1. The fourth-order valence-corrected chi connectivity index (χ4v) is 4.65. The normalized spacial score (nSPS) is 14.7. The molecule has 0 aliphatic carbocycles. The van der Waals surface area contributed by atoms with Gasteiger partial charge in [-0.25, -0.2) is 28.3 Å². The summed E-state index contributed by atoms with van der Waals surface area (Å²) in [5.74, 6) is -6.32. The molecule has 4 rings (SSSR count). The van der Waals surface area contributed by atoms with Crippen LogP contribution in [0.15, 0.2) is 67.0 Å². The molecule has 0 amide bonds. The lowest BCUT2D eigenvalue weighted by Crippen LogP contribution is -2.54. The molecule has 13 heteroatoms. The highest BCUT2D eigenvalue weighted by atomic mass is 35.5. The van der Waals surface area contributed by atoms with E-state index in [4.69, 9.17) is 37.4 Å². The zero-order chi connectivity index (χ0) is 29.8. The molecule has 0 spiro atoms. The summed E-state index contributed by atoms with van der Waals surface area (Å²) in [4.78, 5) is 37.2. The van der Waals surface area contributed by atoms with Gasteiger partial charge in [0.15, 0.2) is 10.8 Å². The van der Waals surface area contributed by atoms with Crippen molar-refractivity contribution >= 4 is 46.3 Å². The van der Waals surface area contributed by atoms with Gasteiger partial charge >= 0.3 is 17.9 Å². The van der Waals surface area contributed by atoms with Crippen LogP contribution in [-0.4, -0.2) is 57.7 Å². The van der Waals surface area contributed by atoms with Gasteiger partial charge in [0.05, 0.1) is 29.5 Å². The summed E-state index contributed by atoms with van der Waals surface area (Å²) in [7, 11) is 1.09. The van der Waals surface area contributed by atoms with Gasteiger partial charge in [0.1, 0.15) is 12.1 Å². The van der Waals surface area contributed by atoms with Crippen LogP contribution in [0.3, 0.4) is 0 Å². The Balaban J connectivity index is 1.69. The third kappa shape index (κ3) is 6.17. The zero-order valence-electron chi connectivity index (χ0n) is 22.3. The molecule has 0 saturated carbocycles. The van der Waals surface area contributed by atoms with Crippen LogP contribution >= 0.6 is 23.2 Å². The molecule has 4 aromatic rings. The van der Waals surface area contributed by atoms with Gasteiger partial charge in [0.25, 0.3) is 0 Å². The number of hydrogen-bond donors (Lipinski definition) is 0. The average molecular weight is 607 g/mol. The van der Waals surface area contributed by atoms with Crippen LogP contribution < -0.4 is 0 Å². The first-order chi connectivity index (χ1) is 19.5. The van der Waals surface area contributed by atoms with E-state index in [-0.39, 0.29) is 32.7 Å². The molecule has 216 valence electrons. The van der Waals surface area contributed by atoms with Gasteiger partial charge in [0.2, 0.25) is 11.5 Å². The molecule has 9 nitrogen and oxygen atoms in total. The third-order valence-corrected chi connectivity index (χ3v) is 7.41. The van der Waals surface area contributed by atoms with E-state index in [0.29, 0.717) is 0 Å². The van der Waals surface area contributed by atoms with Gasteiger partial charge in [-0.15, -0.1) is 0 Å². The Morgan fingerprint density at radius 3 is 2.07 bits per heavy atom. The highest BCUT2D eigenvalue weighted by Gasteiger charge is 2.60. The summed E-state index contributed by atoms with van der Waals surface area (Å²) in [6.45, 7) is 1.54. The lowest BCUT2D eigenvalue weighted by Gasteiger charge is -2.44. The number of ether oxygens (including phenoxy) is 3. The highest BCUT2D eigenvalue weighted by Crippen LogP contribution is 2.50. The highest BCUT2D eigenvalue weighted by molar-refractivity contribution is 6.35. The number of methoxy groups -OCH3 is 1. The van der Waals surface area contributed by atoms with Crippen LogP contribution in [-0.2, 0) is 14.2 Å². The number of hydrogen-bond acceptors (Lipinski definition) is 8.